The van der Waals surface area contributed by atoms with Gasteiger partial charge in [0, 0.05) is 29.2 Å². The number of carbonyl (C=O) groups excluding carboxylic acids is 1. The van der Waals surface area contributed by atoms with Crippen molar-refractivity contribution in [2.75, 3.05) is 13.1 Å². The van der Waals surface area contributed by atoms with Gasteiger partial charge in [0.25, 0.3) is 0 Å². The number of carbonyl (C=O) groups is 1. The molecule has 1 aliphatic heterocycles. The monoisotopic (exact) mass is 402 g/mol. The number of nitrogens with one attached hydrogen (secondary N) is 1. The van der Waals surface area contributed by atoms with Crippen LogP contribution in [0.25, 0.3) is 6.08 Å². The van der Waals surface area contributed by atoms with Gasteiger partial charge in [0.05, 0.1) is 0 Å². The summed E-state index contributed by atoms with van der Waals surface area (Å²) in [5.41, 5.74) is 3.17. The van der Waals surface area contributed by atoms with Crippen LogP contribution in [0.5, 0.6) is 0 Å². The second-order valence-corrected chi connectivity index (χ2v) is 7.72. The van der Waals surface area contributed by atoms with Crippen molar-refractivity contribution in [1.82, 2.24) is 10.2 Å². The van der Waals surface area contributed by atoms with Gasteiger partial charge >= 0.3 is 0 Å². The fourth-order valence-electron chi connectivity index (χ4n) is 3.26. The minimum Gasteiger partial charge on any atom is -0.348 e. The minimum atomic E-state index is -0.151. The summed E-state index contributed by atoms with van der Waals surface area (Å²) < 4.78 is 0. The summed E-state index contributed by atoms with van der Waals surface area (Å²) >= 11 is 12.0. The molecule has 27 heavy (non-hydrogen) atoms. The third kappa shape index (κ3) is 6.39. The second kappa shape index (κ2) is 9.93. The molecule has 1 heterocycles. The van der Waals surface area contributed by atoms with Crippen molar-refractivity contribution in [2.24, 2.45) is 0 Å². The van der Waals surface area contributed by atoms with E-state index in [2.05, 4.69) is 28.4 Å². The lowest BCUT2D eigenvalue weighted by Gasteiger charge is -2.26. The molecule has 0 saturated carbocycles. The number of halogens is 2. The van der Waals surface area contributed by atoms with Crippen molar-refractivity contribution < 1.29 is 4.79 Å². The number of piperidine rings is 1. The van der Waals surface area contributed by atoms with Gasteiger partial charge in [-0.2, -0.15) is 0 Å². The summed E-state index contributed by atoms with van der Waals surface area (Å²) in [6, 6.07) is 13.6. The lowest BCUT2D eigenvalue weighted by atomic mass is 10.1. The number of rotatable bonds is 6. The van der Waals surface area contributed by atoms with E-state index in [0.717, 1.165) is 17.7 Å². The molecule has 0 atom stereocenters. The summed E-state index contributed by atoms with van der Waals surface area (Å²) in [7, 11) is 0. The number of hydrogen-bond donors (Lipinski definition) is 1. The first-order valence-corrected chi connectivity index (χ1v) is 10.1. The first-order valence-electron chi connectivity index (χ1n) is 9.31. The molecule has 142 valence electrons. The van der Waals surface area contributed by atoms with E-state index in [4.69, 9.17) is 23.2 Å². The van der Waals surface area contributed by atoms with Crippen LogP contribution in [-0.2, 0) is 17.9 Å². The average Bonchev–Trinajstić information content (AvgIpc) is 2.67. The van der Waals surface area contributed by atoms with E-state index < -0.39 is 0 Å². The van der Waals surface area contributed by atoms with Gasteiger partial charge in [-0.15, -0.1) is 0 Å². The predicted molar refractivity (Wildman–Crippen MR) is 113 cm³/mol. The van der Waals surface area contributed by atoms with Crippen molar-refractivity contribution in [3.05, 3.63) is 75.3 Å². The van der Waals surface area contributed by atoms with E-state index >= 15 is 0 Å². The molecule has 1 N–H and O–H groups in total. The van der Waals surface area contributed by atoms with Crippen LogP contribution in [0.3, 0.4) is 0 Å². The van der Waals surface area contributed by atoms with Crippen LogP contribution in [0.4, 0.5) is 0 Å². The van der Waals surface area contributed by atoms with Gasteiger partial charge in [0.2, 0.25) is 5.91 Å². The predicted octanol–water partition coefficient (Wildman–Crippen LogP) is 5.31. The quantitative estimate of drug-likeness (QED) is 0.663. The summed E-state index contributed by atoms with van der Waals surface area (Å²) in [4.78, 5) is 14.6. The summed E-state index contributed by atoms with van der Waals surface area (Å²) in [6.45, 7) is 3.85. The van der Waals surface area contributed by atoms with Crippen LogP contribution in [0.1, 0.15) is 36.0 Å². The molecular weight excluding hydrogens is 379 g/mol. The maximum Gasteiger partial charge on any atom is 0.244 e. The maximum atomic E-state index is 12.1. The van der Waals surface area contributed by atoms with Crippen molar-refractivity contribution in [2.45, 2.75) is 32.4 Å². The maximum absolute atomic E-state index is 12.1. The topological polar surface area (TPSA) is 32.3 Å². The van der Waals surface area contributed by atoms with E-state index in [0.29, 0.717) is 16.6 Å². The molecule has 1 amide bonds. The van der Waals surface area contributed by atoms with Gasteiger partial charge in [0.15, 0.2) is 0 Å². The Hall–Kier alpha value is -1.81. The van der Waals surface area contributed by atoms with E-state index in [1.807, 2.05) is 6.07 Å². The van der Waals surface area contributed by atoms with Crippen molar-refractivity contribution in [3.8, 4) is 0 Å². The molecule has 0 spiro atoms. The first-order chi connectivity index (χ1) is 13.1. The highest BCUT2D eigenvalue weighted by molar-refractivity contribution is 6.35. The van der Waals surface area contributed by atoms with Gasteiger partial charge in [-0.1, -0.05) is 60.0 Å². The van der Waals surface area contributed by atoms with Crippen LogP contribution >= 0.6 is 23.2 Å². The number of hydrogen-bond acceptors (Lipinski definition) is 2. The molecular formula is C22H24Cl2N2O. The molecule has 0 aliphatic carbocycles. The molecule has 1 fully saturated rings. The standard InChI is InChI=1S/C22H24Cl2N2O/c23-20-9-7-19(21(24)14-20)8-10-22(27)25-15-17-5-4-6-18(13-17)16-26-11-2-1-3-12-26/h4-10,13-14H,1-3,11-12,15-16H2,(H,25,27)/b10-8+. The molecule has 2 aromatic rings. The Labute approximate surface area is 171 Å². The van der Waals surface area contributed by atoms with Crippen LogP contribution < -0.4 is 5.32 Å². The Morgan fingerprint density at radius 2 is 1.81 bits per heavy atom. The lowest BCUT2D eigenvalue weighted by Crippen LogP contribution is -2.29. The highest BCUT2D eigenvalue weighted by Crippen LogP contribution is 2.22. The summed E-state index contributed by atoms with van der Waals surface area (Å²) in [6.07, 6.45) is 7.12. The highest BCUT2D eigenvalue weighted by atomic mass is 35.5. The largest absolute Gasteiger partial charge is 0.348 e. The molecule has 0 radical (unpaired) electrons. The summed E-state index contributed by atoms with van der Waals surface area (Å²) in [5, 5.41) is 4.02. The van der Waals surface area contributed by atoms with E-state index in [1.54, 1.807) is 24.3 Å². The van der Waals surface area contributed by atoms with Crippen molar-refractivity contribution in [1.29, 1.82) is 0 Å². The molecule has 0 unspecified atom stereocenters. The molecule has 3 rings (SSSR count). The third-order valence-electron chi connectivity index (χ3n) is 4.69. The van der Waals surface area contributed by atoms with E-state index in [9.17, 15) is 4.79 Å². The van der Waals surface area contributed by atoms with Crippen molar-refractivity contribution in [3.63, 3.8) is 0 Å². The van der Waals surface area contributed by atoms with E-state index in [-0.39, 0.29) is 5.91 Å². The van der Waals surface area contributed by atoms with E-state index in [1.165, 1.54) is 44.0 Å². The molecule has 2 aromatic carbocycles. The van der Waals surface area contributed by atoms with Crippen LogP contribution in [0.2, 0.25) is 10.0 Å². The Morgan fingerprint density at radius 1 is 1.04 bits per heavy atom. The Balaban J connectivity index is 1.52. The van der Waals surface area contributed by atoms with Gasteiger partial charge < -0.3 is 5.32 Å². The van der Waals surface area contributed by atoms with Gasteiger partial charge in [-0.3, -0.25) is 9.69 Å². The van der Waals surface area contributed by atoms with Crippen LogP contribution in [0, 0.1) is 0 Å². The zero-order chi connectivity index (χ0) is 19.1. The molecule has 3 nitrogen and oxygen atoms in total. The average molecular weight is 403 g/mol. The normalized spacial score (nSPS) is 15.2. The fourth-order valence-corrected chi connectivity index (χ4v) is 3.74. The molecule has 0 bridgehead atoms. The number of likely N-dealkylation sites (tertiary alicyclic amines) is 1. The SMILES string of the molecule is O=C(/C=C/c1ccc(Cl)cc1Cl)NCc1cccc(CN2CCCCC2)c1. The van der Waals surface area contributed by atoms with Crippen LogP contribution in [0.15, 0.2) is 48.5 Å². The number of benzene rings is 2. The first kappa shape index (κ1) is 19.9. The Kier molecular flexibility index (Phi) is 7.33. The third-order valence-corrected chi connectivity index (χ3v) is 5.25. The zero-order valence-corrected chi connectivity index (χ0v) is 16.8. The smallest absolute Gasteiger partial charge is 0.244 e. The molecule has 1 aliphatic rings. The van der Waals surface area contributed by atoms with Gasteiger partial charge in [-0.25, -0.2) is 0 Å². The second-order valence-electron chi connectivity index (χ2n) is 6.87. The highest BCUT2D eigenvalue weighted by Gasteiger charge is 2.10. The molecule has 5 heteroatoms. The zero-order valence-electron chi connectivity index (χ0n) is 15.3. The molecule has 1 saturated heterocycles. The van der Waals surface area contributed by atoms with Crippen LogP contribution in [-0.4, -0.2) is 23.9 Å². The van der Waals surface area contributed by atoms with Crippen molar-refractivity contribution >= 4 is 35.2 Å². The van der Waals surface area contributed by atoms with Gasteiger partial charge in [0.1, 0.15) is 0 Å². The Bertz CT molecular complexity index is 814. The number of amides is 1. The lowest BCUT2D eigenvalue weighted by molar-refractivity contribution is -0.116. The Morgan fingerprint density at radius 3 is 2.59 bits per heavy atom. The fraction of sp³-hybridized carbons (Fsp3) is 0.318. The molecule has 0 aromatic heterocycles. The minimum absolute atomic E-state index is 0.151. The number of nitrogens with zero attached hydrogens (tertiary/aromatic N) is 1. The summed E-state index contributed by atoms with van der Waals surface area (Å²) in [5.74, 6) is -0.151. The van der Waals surface area contributed by atoms with Gasteiger partial charge in [-0.05, 0) is 60.8 Å².